The number of ether oxygens (including phenoxy) is 5. The van der Waals surface area contributed by atoms with Gasteiger partial charge in [0.25, 0.3) is 11.8 Å². The first-order valence-corrected chi connectivity index (χ1v) is 27.4. The fourth-order valence-electron chi connectivity index (χ4n) is 8.24. The van der Waals surface area contributed by atoms with Crippen LogP contribution in [-0.4, -0.2) is 144 Å². The van der Waals surface area contributed by atoms with E-state index >= 15 is 0 Å². The summed E-state index contributed by atoms with van der Waals surface area (Å²) in [6.45, 7) is 21.3. The number of nitrogens with two attached hydrogens (primary N) is 4. The van der Waals surface area contributed by atoms with Gasteiger partial charge in [0.1, 0.15) is 11.3 Å². The molecule has 0 aliphatic rings. The van der Waals surface area contributed by atoms with Gasteiger partial charge >= 0.3 is 0 Å². The predicted molar refractivity (Wildman–Crippen MR) is 319 cm³/mol. The molecule has 0 radical (unpaired) electrons. The summed E-state index contributed by atoms with van der Waals surface area (Å²) in [5.41, 5.74) is 21.9. The van der Waals surface area contributed by atoms with Crippen molar-refractivity contribution in [3.63, 3.8) is 0 Å². The fraction of sp³-hybridized carbons (Fsp3) is 0.424. The molecule has 23 nitrogen and oxygen atoms in total. The van der Waals surface area contributed by atoms with E-state index in [4.69, 9.17) is 46.8 Å². The number of fused-ring (bicyclic) bond motifs is 2. The third-order valence-electron chi connectivity index (χ3n) is 12.5. The summed E-state index contributed by atoms with van der Waals surface area (Å²) < 4.78 is 31.1. The maximum Gasteiger partial charge on any atom is 0.259 e. The summed E-state index contributed by atoms with van der Waals surface area (Å²) in [5.74, 6) is 11.5. The quantitative estimate of drug-likeness (QED) is 0.0145. The molecule has 0 unspecified atom stereocenters. The average molecular weight is 1130 g/mol. The highest BCUT2D eigenvalue weighted by molar-refractivity contribution is 6.09. The number of amides is 4. The molecule has 0 bridgehead atoms. The lowest BCUT2D eigenvalue weighted by Gasteiger charge is -2.26. The first-order valence-electron chi connectivity index (χ1n) is 27.4. The van der Waals surface area contributed by atoms with Crippen molar-refractivity contribution in [1.82, 2.24) is 39.4 Å². The minimum absolute atomic E-state index is 0.0236. The first kappa shape index (κ1) is 64.9. The van der Waals surface area contributed by atoms with E-state index in [1.807, 2.05) is 113 Å². The van der Waals surface area contributed by atoms with Gasteiger partial charge in [-0.2, -0.15) is 0 Å². The summed E-state index contributed by atoms with van der Waals surface area (Å²) in [7, 11) is 0. The fourth-order valence-corrected chi connectivity index (χ4v) is 8.24. The monoisotopic (exact) mass is 1130 g/mol. The van der Waals surface area contributed by atoms with Crippen LogP contribution in [0, 0.1) is 27.7 Å². The lowest BCUT2D eigenvalue weighted by Crippen LogP contribution is -2.44. The molecule has 82 heavy (non-hydrogen) atoms. The van der Waals surface area contributed by atoms with E-state index in [0.717, 1.165) is 40.3 Å². The number of hydrogen-bond donors (Lipinski definition) is 8. The molecule has 0 fully saturated rings. The Bertz CT molecular complexity index is 3060. The van der Waals surface area contributed by atoms with E-state index in [-0.39, 0.29) is 35.6 Å². The molecule has 0 aliphatic carbocycles. The number of anilines is 2. The zero-order valence-electron chi connectivity index (χ0n) is 48.7. The number of carbonyl (C=O) groups excluding carboxylic acids is 4. The number of nitrogens with one attached hydrogen (secondary N) is 4. The summed E-state index contributed by atoms with van der Waals surface area (Å²) >= 11 is 0. The maximum atomic E-state index is 12.9. The van der Waals surface area contributed by atoms with Crippen molar-refractivity contribution in [2.45, 2.75) is 80.2 Å². The molecule has 12 N–H and O–H groups in total. The van der Waals surface area contributed by atoms with Gasteiger partial charge in [-0.05, 0) is 121 Å². The van der Waals surface area contributed by atoms with E-state index in [1.54, 1.807) is 48.8 Å². The van der Waals surface area contributed by atoms with Gasteiger partial charge in [-0.15, -0.1) is 0 Å². The number of aromatic nitrogens is 4. The van der Waals surface area contributed by atoms with Gasteiger partial charge in [0.15, 0.2) is 0 Å². The van der Waals surface area contributed by atoms with Gasteiger partial charge in [0.2, 0.25) is 11.8 Å². The molecule has 6 aromatic rings. The van der Waals surface area contributed by atoms with E-state index in [1.165, 1.54) is 10.0 Å². The molecule has 0 atom stereocenters. The molecule has 444 valence electrons. The van der Waals surface area contributed by atoms with Gasteiger partial charge in [-0.25, -0.2) is 21.7 Å². The number of carbonyl (C=O) groups is 4. The number of hydrazine groups is 2. The maximum absolute atomic E-state index is 12.9. The smallest absolute Gasteiger partial charge is 0.259 e. The molecule has 4 amide bonds. The van der Waals surface area contributed by atoms with Gasteiger partial charge in [-0.3, -0.25) is 19.2 Å². The van der Waals surface area contributed by atoms with Crippen LogP contribution < -0.4 is 44.4 Å². The molecule has 6 rings (SSSR count). The van der Waals surface area contributed by atoms with Crippen LogP contribution >= 0.6 is 0 Å². The average Bonchev–Trinajstić information content (AvgIpc) is 4.09. The predicted octanol–water partition coefficient (Wildman–Crippen LogP) is 5.58. The molecule has 4 aromatic heterocycles. The second kappa shape index (κ2) is 33.1. The molecule has 4 heterocycles. The number of aryl methyl sites for hydroxylation is 4. The Morgan fingerprint density at radius 1 is 0.573 bits per heavy atom. The summed E-state index contributed by atoms with van der Waals surface area (Å²) in [6.07, 6.45) is 8.31. The number of rotatable bonds is 32. The van der Waals surface area contributed by atoms with Crippen LogP contribution in [0.25, 0.3) is 22.7 Å². The molecular formula is C59H84N14O9. The van der Waals surface area contributed by atoms with Crippen molar-refractivity contribution in [3.8, 4) is 0 Å². The zero-order valence-corrected chi connectivity index (χ0v) is 48.7. The molecule has 2 aromatic carbocycles. The summed E-state index contributed by atoms with van der Waals surface area (Å²) in [5, 5.41) is 14.5. The highest BCUT2D eigenvalue weighted by Gasteiger charge is 2.20. The second-order valence-corrected chi connectivity index (χ2v) is 19.9. The van der Waals surface area contributed by atoms with Crippen LogP contribution in [0.1, 0.15) is 102 Å². The van der Waals surface area contributed by atoms with Crippen LogP contribution in [0.2, 0.25) is 0 Å². The van der Waals surface area contributed by atoms with E-state index in [2.05, 4.69) is 31.2 Å². The van der Waals surface area contributed by atoms with Crippen LogP contribution in [-0.2, 0) is 33.3 Å². The van der Waals surface area contributed by atoms with Crippen LogP contribution in [0.5, 0.6) is 0 Å². The normalized spacial score (nSPS) is 11.8. The van der Waals surface area contributed by atoms with Crippen molar-refractivity contribution in [1.29, 1.82) is 0 Å². The Morgan fingerprint density at radius 3 is 1.40 bits per heavy atom. The third-order valence-corrected chi connectivity index (χ3v) is 12.5. The first-order chi connectivity index (χ1) is 39.3. The Labute approximate surface area is 480 Å². The second-order valence-electron chi connectivity index (χ2n) is 19.9. The van der Waals surface area contributed by atoms with E-state index < -0.39 is 0 Å². The van der Waals surface area contributed by atoms with Crippen molar-refractivity contribution < 1.29 is 42.9 Å². The lowest BCUT2D eigenvalue weighted by atomic mass is 10.0. The SMILES string of the molecule is CCNC(=O)CCOCCOCCN(N)/C=C(\N)c1ccc(NC(=O)c2ccn3c(C)cc(C)nc23)cc1.CCOCCC(C)(C)NC(=O)CCOCCOCCN(N)/C=C(\N)c1ccc(NC(=O)c2ccn3c(C)cc(C)nc23)cc1. The molecule has 0 saturated heterocycles. The standard InChI is InChI=1S/C32H47N7O5.C27H37N7O4/c1-6-42-17-13-32(4,5)37-29(40)12-16-43-19-20-44-18-15-38(34)22-28(33)25-7-9-26(10-8-25)36-31(41)27-11-14-39-24(3)21-23(2)35-30(27)39;1-4-30-25(35)10-13-37-15-16-38-14-12-33(29)18-24(28)21-5-7-22(8-6-21)32-27(36)23-9-11-34-20(3)17-19(2)31-26(23)34/h7-11,14,21-22H,6,12-13,15-20,33-34H2,1-5H3,(H,36,41)(H,37,40);5-9,11,17-18H,4,10,12-16,28-29H2,1-3H3,(H,30,35)(H,32,36)/b28-22-;24-18-. The molecule has 0 spiro atoms. The van der Waals surface area contributed by atoms with Crippen LogP contribution in [0.15, 0.2) is 97.6 Å². The Balaban J connectivity index is 0.000000304. The van der Waals surface area contributed by atoms with E-state index in [9.17, 15) is 19.2 Å². The minimum Gasteiger partial charge on any atom is -0.397 e. The molecule has 0 aliphatic heterocycles. The molecule has 0 saturated carbocycles. The van der Waals surface area contributed by atoms with Gasteiger partial charge in [0, 0.05) is 97.1 Å². The van der Waals surface area contributed by atoms with Crippen LogP contribution in [0.4, 0.5) is 11.4 Å². The lowest BCUT2D eigenvalue weighted by molar-refractivity contribution is -0.124. The largest absolute Gasteiger partial charge is 0.397 e. The Hall–Kier alpha value is -7.90. The van der Waals surface area contributed by atoms with Gasteiger partial charge < -0.3 is 75.2 Å². The Kier molecular flexibility index (Phi) is 26.2. The molecule has 23 heteroatoms. The van der Waals surface area contributed by atoms with Crippen molar-refractivity contribution in [2.75, 3.05) is 96.3 Å². The molecular weight excluding hydrogens is 1050 g/mol. The number of hydrogen-bond acceptors (Lipinski definition) is 17. The van der Waals surface area contributed by atoms with E-state index in [0.29, 0.717) is 137 Å². The minimum atomic E-state index is -0.321. The van der Waals surface area contributed by atoms with Crippen LogP contribution in [0.3, 0.4) is 0 Å². The summed E-state index contributed by atoms with van der Waals surface area (Å²) in [4.78, 5) is 58.3. The number of benzene rings is 2. The van der Waals surface area contributed by atoms with Crippen molar-refractivity contribution in [2.24, 2.45) is 23.2 Å². The van der Waals surface area contributed by atoms with Crippen molar-refractivity contribution >= 4 is 57.7 Å². The van der Waals surface area contributed by atoms with Gasteiger partial charge in [0.05, 0.1) is 88.5 Å². The van der Waals surface area contributed by atoms with Crippen molar-refractivity contribution in [3.05, 3.63) is 143 Å². The zero-order chi connectivity index (χ0) is 59.6. The number of nitrogens with zero attached hydrogens (tertiary/aromatic N) is 6. The Morgan fingerprint density at radius 2 is 0.988 bits per heavy atom. The highest BCUT2D eigenvalue weighted by atomic mass is 16.5. The topological polar surface area (TPSA) is 308 Å². The highest BCUT2D eigenvalue weighted by Crippen LogP contribution is 2.21. The van der Waals surface area contributed by atoms with Gasteiger partial charge in [-0.1, -0.05) is 24.3 Å². The third kappa shape index (κ3) is 21.5. The summed E-state index contributed by atoms with van der Waals surface area (Å²) in [6, 6.07) is 21.9.